The molecule has 2 heterocycles. The molecule has 0 atom stereocenters. The number of thioether (sulfide) groups is 1. The molecule has 26 heavy (non-hydrogen) atoms. The van der Waals surface area contributed by atoms with E-state index in [2.05, 4.69) is 58.2 Å². The fourth-order valence-electron chi connectivity index (χ4n) is 2.32. The number of aryl methyl sites for hydroxylation is 1. The van der Waals surface area contributed by atoms with Crippen LogP contribution in [-0.4, -0.2) is 42.6 Å². The summed E-state index contributed by atoms with van der Waals surface area (Å²) in [6.45, 7) is 6.83. The van der Waals surface area contributed by atoms with E-state index in [0.29, 0.717) is 0 Å². The van der Waals surface area contributed by atoms with Gasteiger partial charge in [-0.2, -0.15) is 11.8 Å². The van der Waals surface area contributed by atoms with E-state index in [9.17, 15) is 0 Å². The zero-order valence-corrected chi connectivity index (χ0v) is 20.5. The van der Waals surface area contributed by atoms with Gasteiger partial charge in [0, 0.05) is 29.9 Å². The number of aliphatic imine (C=N–C) groups is 1. The van der Waals surface area contributed by atoms with Crippen LogP contribution in [0.2, 0.25) is 0 Å². The monoisotopic (exact) mass is 524 g/mol. The highest BCUT2D eigenvalue weighted by Gasteiger charge is 2.06. The summed E-state index contributed by atoms with van der Waals surface area (Å²) in [7, 11) is 0. The number of thiazole rings is 1. The van der Waals surface area contributed by atoms with E-state index in [4.69, 9.17) is 0 Å². The van der Waals surface area contributed by atoms with Crippen LogP contribution in [0.4, 0.5) is 0 Å². The predicted octanol–water partition coefficient (Wildman–Crippen LogP) is 5.04. The Morgan fingerprint density at radius 1 is 1.27 bits per heavy atom. The highest BCUT2D eigenvalue weighted by molar-refractivity contribution is 14.0. The molecule has 8 heteroatoms. The molecule has 0 fully saturated rings. The van der Waals surface area contributed by atoms with E-state index in [-0.39, 0.29) is 24.0 Å². The van der Waals surface area contributed by atoms with Crippen LogP contribution in [0.3, 0.4) is 0 Å². The number of hydrogen-bond donors (Lipinski definition) is 2. The number of nitrogens with one attached hydrogen (secondary N) is 2. The van der Waals surface area contributed by atoms with Gasteiger partial charge in [-0.3, -0.25) is 4.99 Å². The average molecular weight is 525 g/mol. The number of nitrogens with zero attached hydrogens (tertiary/aromatic N) is 2. The van der Waals surface area contributed by atoms with E-state index >= 15 is 0 Å². The third-order valence-corrected chi connectivity index (χ3v) is 6.21. The van der Waals surface area contributed by atoms with E-state index in [1.54, 1.807) is 11.3 Å². The molecule has 0 radical (unpaired) electrons. The summed E-state index contributed by atoms with van der Waals surface area (Å²) in [5.41, 5.74) is 1.10. The first kappa shape index (κ1) is 23.7. The van der Waals surface area contributed by atoms with Crippen molar-refractivity contribution in [3.8, 4) is 10.6 Å². The Bertz CT molecular complexity index is 654. The van der Waals surface area contributed by atoms with Crippen LogP contribution in [0, 0.1) is 6.92 Å². The summed E-state index contributed by atoms with van der Waals surface area (Å²) in [5.74, 6) is 2.15. The highest BCUT2D eigenvalue weighted by atomic mass is 127. The molecule has 0 aromatic carbocycles. The zero-order valence-electron chi connectivity index (χ0n) is 15.7. The summed E-state index contributed by atoms with van der Waals surface area (Å²) in [6.07, 6.45) is 5.54. The smallest absolute Gasteiger partial charge is 0.191 e. The lowest BCUT2D eigenvalue weighted by Crippen LogP contribution is -2.38. The molecule has 0 aliphatic heterocycles. The molecule has 2 aromatic heterocycles. The maximum absolute atomic E-state index is 4.65. The number of hydrogen-bond acceptors (Lipinski definition) is 5. The van der Waals surface area contributed by atoms with Gasteiger partial charge in [0.25, 0.3) is 0 Å². The van der Waals surface area contributed by atoms with Gasteiger partial charge in [0.1, 0.15) is 0 Å². The van der Waals surface area contributed by atoms with Crippen LogP contribution in [-0.2, 0) is 6.42 Å². The second-order valence-electron chi connectivity index (χ2n) is 5.66. The van der Waals surface area contributed by atoms with E-state index in [1.807, 2.05) is 23.1 Å². The summed E-state index contributed by atoms with van der Waals surface area (Å²) < 4.78 is 0. The molecule has 0 saturated heterocycles. The molecule has 0 aliphatic rings. The number of guanidine groups is 1. The van der Waals surface area contributed by atoms with Gasteiger partial charge in [-0.15, -0.1) is 46.7 Å². The first-order valence-corrected chi connectivity index (χ1v) is 11.8. The Morgan fingerprint density at radius 2 is 2.12 bits per heavy atom. The van der Waals surface area contributed by atoms with Gasteiger partial charge in [-0.1, -0.05) is 0 Å². The van der Waals surface area contributed by atoms with Crippen molar-refractivity contribution in [2.75, 3.05) is 31.6 Å². The van der Waals surface area contributed by atoms with Crippen LogP contribution in [0.25, 0.3) is 10.6 Å². The van der Waals surface area contributed by atoms with Crippen molar-refractivity contribution in [3.05, 3.63) is 27.4 Å². The Kier molecular flexibility index (Phi) is 12.6. The van der Waals surface area contributed by atoms with Crippen molar-refractivity contribution in [1.82, 2.24) is 15.6 Å². The van der Waals surface area contributed by atoms with Gasteiger partial charge in [-0.05, 0) is 57.3 Å². The molecule has 0 unspecified atom stereocenters. The minimum atomic E-state index is 0. The SMILES string of the molecule is CCNC(=NCCCCSC)NCCc1ccc(-c2csc(C)n2)s1.I. The topological polar surface area (TPSA) is 49.3 Å². The van der Waals surface area contributed by atoms with Crippen LogP contribution in [0.5, 0.6) is 0 Å². The zero-order chi connectivity index (χ0) is 17.9. The fraction of sp³-hybridized carbons (Fsp3) is 0.556. The normalized spacial score (nSPS) is 11.3. The standard InChI is InChI=1S/C18H28N4S3.HI/c1-4-19-18(20-10-5-6-12-23-3)21-11-9-15-7-8-17(25-15)16-13-24-14(2)22-16;/h7-8,13H,4-6,9-12H2,1-3H3,(H2,19,20,21);1H. The number of aromatic nitrogens is 1. The van der Waals surface area contributed by atoms with E-state index < -0.39 is 0 Å². The van der Waals surface area contributed by atoms with Crippen molar-refractivity contribution in [2.45, 2.75) is 33.1 Å². The molecule has 0 aliphatic carbocycles. The third-order valence-electron chi connectivity index (χ3n) is 3.57. The Morgan fingerprint density at radius 3 is 2.81 bits per heavy atom. The van der Waals surface area contributed by atoms with Gasteiger partial charge in [-0.25, -0.2) is 4.98 Å². The molecule has 2 N–H and O–H groups in total. The average Bonchev–Trinajstić information content (AvgIpc) is 3.23. The largest absolute Gasteiger partial charge is 0.357 e. The fourth-order valence-corrected chi connectivity index (χ4v) is 4.47. The maximum Gasteiger partial charge on any atom is 0.191 e. The minimum Gasteiger partial charge on any atom is -0.357 e. The molecule has 146 valence electrons. The molecule has 0 bridgehead atoms. The summed E-state index contributed by atoms with van der Waals surface area (Å²) in [6, 6.07) is 4.39. The molecule has 0 spiro atoms. The summed E-state index contributed by atoms with van der Waals surface area (Å²) in [4.78, 5) is 11.9. The molecular formula is C18H29IN4S3. The summed E-state index contributed by atoms with van der Waals surface area (Å²) in [5, 5.41) is 10.0. The van der Waals surface area contributed by atoms with Crippen molar-refractivity contribution in [2.24, 2.45) is 4.99 Å². The second kappa shape index (κ2) is 13.8. The third kappa shape index (κ3) is 8.58. The quantitative estimate of drug-likeness (QED) is 0.198. The Balaban J connectivity index is 0.00000338. The van der Waals surface area contributed by atoms with Gasteiger partial charge < -0.3 is 10.6 Å². The lowest BCUT2D eigenvalue weighted by Gasteiger charge is -2.10. The van der Waals surface area contributed by atoms with Gasteiger partial charge in [0.2, 0.25) is 0 Å². The van der Waals surface area contributed by atoms with Crippen LogP contribution >= 0.6 is 58.4 Å². The molecular weight excluding hydrogens is 495 g/mol. The Hall–Kier alpha value is -0.320. The van der Waals surface area contributed by atoms with Crippen LogP contribution in [0.15, 0.2) is 22.5 Å². The predicted molar refractivity (Wildman–Crippen MR) is 131 cm³/mol. The second-order valence-corrected chi connectivity index (χ2v) is 8.87. The lowest BCUT2D eigenvalue weighted by molar-refractivity contribution is 0.773. The summed E-state index contributed by atoms with van der Waals surface area (Å²) >= 11 is 5.44. The minimum absolute atomic E-state index is 0. The maximum atomic E-state index is 4.65. The van der Waals surface area contributed by atoms with Crippen LogP contribution in [0.1, 0.15) is 29.7 Å². The number of thiophene rings is 1. The van der Waals surface area contributed by atoms with Crippen molar-refractivity contribution in [3.63, 3.8) is 0 Å². The molecule has 4 nitrogen and oxygen atoms in total. The number of halogens is 1. The van der Waals surface area contributed by atoms with E-state index in [0.717, 1.165) is 49.1 Å². The highest BCUT2D eigenvalue weighted by Crippen LogP contribution is 2.29. The lowest BCUT2D eigenvalue weighted by atomic mass is 10.3. The van der Waals surface area contributed by atoms with Crippen molar-refractivity contribution < 1.29 is 0 Å². The molecule has 2 rings (SSSR count). The van der Waals surface area contributed by atoms with Crippen molar-refractivity contribution >= 4 is 64.4 Å². The van der Waals surface area contributed by atoms with Gasteiger partial charge in [0.15, 0.2) is 5.96 Å². The van der Waals surface area contributed by atoms with E-state index in [1.165, 1.54) is 21.9 Å². The Labute approximate surface area is 186 Å². The molecule has 0 amide bonds. The van der Waals surface area contributed by atoms with Gasteiger partial charge >= 0.3 is 0 Å². The van der Waals surface area contributed by atoms with Crippen LogP contribution < -0.4 is 10.6 Å². The molecule has 0 saturated carbocycles. The van der Waals surface area contributed by atoms with Crippen molar-refractivity contribution in [1.29, 1.82) is 0 Å². The number of rotatable bonds is 10. The first-order valence-electron chi connectivity index (χ1n) is 8.75. The molecule has 2 aromatic rings. The number of unbranched alkanes of at least 4 members (excludes halogenated alkanes) is 1. The first-order chi connectivity index (χ1) is 12.2. The van der Waals surface area contributed by atoms with Gasteiger partial charge in [0.05, 0.1) is 15.6 Å².